The number of thiol groups is 2. The van der Waals surface area contributed by atoms with Gasteiger partial charge in [-0.25, -0.2) is 0 Å². The normalized spacial score (nSPS) is 7.80. The molecule has 0 fully saturated rings. The van der Waals surface area contributed by atoms with Crippen LogP contribution in [0.3, 0.4) is 0 Å². The summed E-state index contributed by atoms with van der Waals surface area (Å²) in [6.45, 7) is 0. The van der Waals surface area contributed by atoms with Crippen LogP contribution in [0.4, 0.5) is 0 Å². The molecule has 0 unspecified atom stereocenters. The van der Waals surface area contributed by atoms with Gasteiger partial charge in [0.25, 0.3) is 0 Å². The van der Waals surface area contributed by atoms with Crippen LogP contribution in [0.5, 0.6) is 0 Å². The van der Waals surface area contributed by atoms with Gasteiger partial charge in [-0.1, -0.05) is 12.2 Å². The molecule has 0 saturated carbocycles. The van der Waals surface area contributed by atoms with Crippen LogP contribution in [-0.4, -0.2) is 0 Å². The first-order valence-electron chi connectivity index (χ1n) is 1.72. The predicted octanol–water partition coefficient (Wildman–Crippen LogP) is -2.65. The molecule has 0 aliphatic heterocycles. The molecule has 0 aromatic carbocycles. The Labute approximate surface area is 131 Å². The maximum absolute atomic E-state index is 4.86. The van der Waals surface area contributed by atoms with Gasteiger partial charge >= 0.3 is 59.1 Å². The van der Waals surface area contributed by atoms with Gasteiger partial charge in [-0.3, -0.25) is 0 Å². The molecule has 0 saturated heterocycles. The average molecular weight is 246 g/mol. The van der Waals surface area contributed by atoms with Gasteiger partial charge in [-0.05, 0) is 0 Å². The van der Waals surface area contributed by atoms with Crippen molar-refractivity contribution in [2.24, 2.45) is 0 Å². The molecular formula is C3H4Na2S5. The summed E-state index contributed by atoms with van der Waals surface area (Å²) in [5.41, 5.74) is 0. The van der Waals surface area contributed by atoms with Crippen molar-refractivity contribution in [1.82, 2.24) is 0 Å². The summed E-state index contributed by atoms with van der Waals surface area (Å²) in [7, 11) is 0. The number of hydrogen-bond donors (Lipinski definition) is 2. The predicted molar refractivity (Wildman–Crippen MR) is 49.8 cm³/mol. The first-order chi connectivity index (χ1) is 3.70. The van der Waals surface area contributed by atoms with Crippen molar-refractivity contribution in [3.63, 3.8) is 0 Å². The Morgan fingerprint density at radius 3 is 1.50 bits per heavy atom. The minimum Gasteiger partial charge on any atom is -1.00 e. The largest absolute Gasteiger partial charge is 1.00 e. The van der Waals surface area contributed by atoms with E-state index in [4.69, 9.17) is 12.2 Å². The zero-order chi connectivity index (χ0) is 6.15. The molecule has 0 N–H and O–H groups in total. The summed E-state index contributed by atoms with van der Waals surface area (Å²) in [4.78, 5) is 0. The molecule has 1 rings (SSSR count). The van der Waals surface area contributed by atoms with Crippen molar-refractivity contribution >= 4 is 60.1 Å². The Hall–Kier alpha value is 2.97. The molecule has 0 nitrogen and oxygen atoms in total. The van der Waals surface area contributed by atoms with Gasteiger partial charge < -0.3 is 2.85 Å². The van der Waals surface area contributed by atoms with Crippen molar-refractivity contribution in [1.29, 1.82) is 0 Å². The van der Waals surface area contributed by atoms with Crippen molar-refractivity contribution in [3.05, 3.63) is 3.14 Å². The maximum Gasteiger partial charge on any atom is 1.00 e. The first-order valence-corrected chi connectivity index (χ1v) is 4.65. The Morgan fingerprint density at radius 1 is 1.10 bits per heavy atom. The Balaban J connectivity index is -0.0000000800. The summed E-state index contributed by atoms with van der Waals surface area (Å²) < 4.78 is 2.73. The van der Waals surface area contributed by atoms with Gasteiger partial charge in [0.05, 0.1) is 8.42 Å². The molecule has 0 aliphatic carbocycles. The minimum atomic E-state index is 0. The van der Waals surface area contributed by atoms with Crippen molar-refractivity contribution in [2.75, 3.05) is 0 Å². The van der Waals surface area contributed by atoms with E-state index in [1.165, 1.54) is 22.7 Å². The van der Waals surface area contributed by atoms with Gasteiger partial charge in [0.2, 0.25) is 0 Å². The van der Waals surface area contributed by atoms with E-state index in [9.17, 15) is 0 Å². The molecule has 0 amide bonds. The summed E-state index contributed by atoms with van der Waals surface area (Å²) in [6.07, 6.45) is 0. The topological polar surface area (TPSA) is 0 Å². The van der Waals surface area contributed by atoms with E-state index in [-0.39, 0.29) is 62.0 Å². The van der Waals surface area contributed by atoms with Crippen molar-refractivity contribution < 1.29 is 62.0 Å². The second-order valence-corrected chi connectivity index (χ2v) is 5.79. The van der Waals surface area contributed by atoms with E-state index in [1.54, 1.807) is 0 Å². The van der Waals surface area contributed by atoms with Gasteiger partial charge in [-0.15, -0.1) is 47.9 Å². The fraction of sp³-hybridized carbons (Fsp3) is 0. The fourth-order valence-corrected chi connectivity index (χ4v) is 3.74. The Bertz CT molecular complexity index is 223. The van der Waals surface area contributed by atoms with Gasteiger partial charge in [0, 0.05) is 0 Å². The molecular weight excluding hydrogens is 242 g/mol. The van der Waals surface area contributed by atoms with E-state index < -0.39 is 0 Å². The van der Waals surface area contributed by atoms with Crippen LogP contribution < -0.4 is 59.1 Å². The average Bonchev–Trinajstić information content (AvgIpc) is 1.85. The third-order valence-electron chi connectivity index (χ3n) is 0.543. The smallest absolute Gasteiger partial charge is 1.00 e. The van der Waals surface area contributed by atoms with Crippen LogP contribution in [0.15, 0.2) is 8.42 Å². The SMILES string of the molecule is S=c1sc(S)c(S)s1.[H-].[H-].[Na+].[Na+]. The van der Waals surface area contributed by atoms with Crippen LogP contribution in [-0.2, 0) is 0 Å². The second-order valence-electron chi connectivity index (χ2n) is 1.06. The molecule has 0 atom stereocenters. The molecule has 1 aromatic heterocycles. The molecule has 0 spiro atoms. The summed E-state index contributed by atoms with van der Waals surface area (Å²) in [6, 6.07) is 0. The third kappa shape index (κ3) is 4.87. The molecule has 0 radical (unpaired) electrons. The summed E-state index contributed by atoms with van der Waals surface area (Å²) in [5.74, 6) is 0. The molecule has 0 aliphatic rings. The number of rotatable bonds is 0. The maximum atomic E-state index is 4.86. The molecule has 1 heterocycles. The third-order valence-corrected chi connectivity index (χ3v) is 4.27. The van der Waals surface area contributed by atoms with Crippen LogP contribution in [0, 0.1) is 3.14 Å². The van der Waals surface area contributed by atoms with Gasteiger partial charge in [0.1, 0.15) is 3.14 Å². The number of hydrogen-bond acceptors (Lipinski definition) is 5. The van der Waals surface area contributed by atoms with E-state index in [0.29, 0.717) is 0 Å². The van der Waals surface area contributed by atoms with E-state index in [1.807, 2.05) is 0 Å². The molecule has 1 aromatic rings. The van der Waals surface area contributed by atoms with Crippen LogP contribution in [0.1, 0.15) is 2.85 Å². The Morgan fingerprint density at radius 2 is 1.40 bits per heavy atom. The summed E-state index contributed by atoms with van der Waals surface area (Å²) >= 11 is 16.0. The van der Waals surface area contributed by atoms with E-state index in [0.717, 1.165) is 11.6 Å². The van der Waals surface area contributed by atoms with Crippen LogP contribution in [0.25, 0.3) is 0 Å². The standard InChI is InChI=1S/C3H2S5.2Na.2H/c4-1-2(5)8-3(6)7-1;;;;/h4-5H;;;;/q;2*+1;2*-1. The van der Waals surface area contributed by atoms with Crippen molar-refractivity contribution in [2.45, 2.75) is 8.42 Å². The Kier molecular flexibility index (Phi) is 11.4. The molecule has 48 valence electrons. The van der Waals surface area contributed by atoms with Crippen molar-refractivity contribution in [3.8, 4) is 0 Å². The summed E-state index contributed by atoms with van der Waals surface area (Å²) in [5, 5.41) is 0. The zero-order valence-electron chi connectivity index (χ0n) is 7.62. The van der Waals surface area contributed by atoms with Crippen LogP contribution >= 0.6 is 60.1 Å². The monoisotopic (exact) mass is 246 g/mol. The quantitative estimate of drug-likeness (QED) is 0.286. The fourth-order valence-electron chi connectivity index (χ4n) is 0.266. The first kappa shape index (κ1) is 15.4. The van der Waals surface area contributed by atoms with E-state index >= 15 is 0 Å². The second kappa shape index (κ2) is 7.38. The molecule has 0 bridgehead atoms. The van der Waals surface area contributed by atoms with Gasteiger partial charge in [-0.2, -0.15) is 0 Å². The molecule has 10 heavy (non-hydrogen) atoms. The molecule has 7 heteroatoms. The van der Waals surface area contributed by atoms with Gasteiger partial charge in [0.15, 0.2) is 0 Å². The van der Waals surface area contributed by atoms with Crippen LogP contribution in [0.2, 0.25) is 0 Å². The zero-order valence-corrected chi connectivity index (χ0v) is 13.9. The minimum absolute atomic E-state index is 0. The van der Waals surface area contributed by atoms with E-state index in [2.05, 4.69) is 25.3 Å².